The van der Waals surface area contributed by atoms with Gasteiger partial charge < -0.3 is 20.5 Å². The van der Waals surface area contributed by atoms with E-state index in [4.69, 9.17) is 21.4 Å². The zero-order chi connectivity index (χ0) is 25.6. The molecule has 0 radical (unpaired) electrons. The second kappa shape index (κ2) is 11.4. The summed E-state index contributed by atoms with van der Waals surface area (Å²) in [6, 6.07) is 9.23. The predicted octanol–water partition coefficient (Wildman–Crippen LogP) is 4.54. The lowest BCUT2D eigenvalue weighted by molar-refractivity contribution is -0.143. The van der Waals surface area contributed by atoms with Crippen LogP contribution in [0.4, 0.5) is 13.2 Å². The number of ether oxygens (including phenoxy) is 1. The van der Waals surface area contributed by atoms with E-state index in [1.54, 1.807) is 24.3 Å². The van der Waals surface area contributed by atoms with Gasteiger partial charge in [0.2, 0.25) is 0 Å². The molecule has 7 nitrogen and oxygen atoms in total. The maximum absolute atomic E-state index is 12.8. The Bertz CT molecular complexity index is 1070. The first-order chi connectivity index (χ1) is 16.5. The summed E-state index contributed by atoms with van der Waals surface area (Å²) < 4.78 is 44.2. The van der Waals surface area contributed by atoms with E-state index in [0.29, 0.717) is 37.0 Å². The van der Waals surface area contributed by atoms with Crippen LogP contribution in [0.15, 0.2) is 42.5 Å². The molecule has 0 saturated heterocycles. The first-order valence-electron chi connectivity index (χ1n) is 11.0. The van der Waals surface area contributed by atoms with Crippen molar-refractivity contribution in [3.63, 3.8) is 0 Å². The Morgan fingerprint density at radius 1 is 0.914 bits per heavy atom. The van der Waals surface area contributed by atoms with Crippen LogP contribution in [0.3, 0.4) is 0 Å². The van der Waals surface area contributed by atoms with Crippen LogP contribution in [0.1, 0.15) is 52.0 Å². The fourth-order valence-corrected chi connectivity index (χ4v) is 4.04. The number of benzene rings is 2. The number of nitrogens with one attached hydrogen (secondary N) is 2. The van der Waals surface area contributed by atoms with E-state index in [1.807, 2.05) is 0 Å². The quantitative estimate of drug-likeness (QED) is 0.450. The Morgan fingerprint density at radius 2 is 1.46 bits per heavy atom. The fourth-order valence-electron chi connectivity index (χ4n) is 3.75. The van der Waals surface area contributed by atoms with Gasteiger partial charge in [0.25, 0.3) is 11.8 Å². The molecule has 2 aromatic rings. The SMILES string of the molecule is O=C(NCCNC(=O)c1ccc(C(F)(F)F)c(Cl)c1)c1ccc(OC2CCC(C(=O)O)CC2)cc1. The Hall–Kier alpha value is -3.27. The number of carbonyl (C=O) groups excluding carboxylic acids is 2. The van der Waals surface area contributed by atoms with Gasteiger partial charge in [-0.3, -0.25) is 14.4 Å². The van der Waals surface area contributed by atoms with E-state index < -0.39 is 28.6 Å². The molecule has 11 heteroatoms. The topological polar surface area (TPSA) is 105 Å². The number of carbonyl (C=O) groups is 3. The molecule has 3 rings (SSSR count). The fraction of sp³-hybridized carbons (Fsp3) is 0.375. The van der Waals surface area contributed by atoms with Gasteiger partial charge in [0.05, 0.1) is 22.6 Å². The first kappa shape index (κ1) is 26.3. The lowest BCUT2D eigenvalue weighted by atomic mass is 9.87. The predicted molar refractivity (Wildman–Crippen MR) is 122 cm³/mol. The van der Waals surface area contributed by atoms with Gasteiger partial charge >= 0.3 is 12.1 Å². The third-order valence-corrected chi connectivity index (χ3v) is 5.99. The van der Waals surface area contributed by atoms with Gasteiger partial charge in [0, 0.05) is 24.2 Å². The molecule has 0 unspecified atom stereocenters. The van der Waals surface area contributed by atoms with Crippen molar-refractivity contribution in [2.24, 2.45) is 5.92 Å². The highest BCUT2D eigenvalue weighted by molar-refractivity contribution is 6.31. The van der Waals surface area contributed by atoms with Gasteiger partial charge in [-0.2, -0.15) is 13.2 Å². The van der Waals surface area contributed by atoms with Crippen LogP contribution in [0.2, 0.25) is 5.02 Å². The largest absolute Gasteiger partial charge is 0.490 e. The monoisotopic (exact) mass is 512 g/mol. The molecule has 0 spiro atoms. The third-order valence-electron chi connectivity index (χ3n) is 5.68. The van der Waals surface area contributed by atoms with Crippen LogP contribution in [-0.4, -0.2) is 42.1 Å². The summed E-state index contributed by atoms with van der Waals surface area (Å²) in [7, 11) is 0. The normalized spacial score (nSPS) is 17.9. The maximum atomic E-state index is 12.8. The molecule has 0 aromatic heterocycles. The summed E-state index contributed by atoms with van der Waals surface area (Å²) in [6.07, 6.45) is -2.21. The molecule has 3 N–H and O–H groups in total. The molecule has 2 aromatic carbocycles. The van der Waals surface area contributed by atoms with Gasteiger partial charge in [-0.1, -0.05) is 11.6 Å². The van der Waals surface area contributed by atoms with Crippen LogP contribution in [0.25, 0.3) is 0 Å². The van der Waals surface area contributed by atoms with Crippen molar-refractivity contribution in [3.8, 4) is 5.75 Å². The molecule has 35 heavy (non-hydrogen) atoms. The van der Waals surface area contributed by atoms with E-state index in [1.165, 1.54) is 0 Å². The third kappa shape index (κ3) is 7.35. The smallest absolute Gasteiger partial charge is 0.417 e. The number of carboxylic acids is 1. The molecule has 0 bridgehead atoms. The zero-order valence-electron chi connectivity index (χ0n) is 18.5. The van der Waals surface area contributed by atoms with Crippen molar-refractivity contribution in [1.82, 2.24) is 10.6 Å². The summed E-state index contributed by atoms with van der Waals surface area (Å²) >= 11 is 5.62. The van der Waals surface area contributed by atoms with Gasteiger partial charge in [-0.15, -0.1) is 0 Å². The van der Waals surface area contributed by atoms with Crippen molar-refractivity contribution in [2.45, 2.75) is 38.0 Å². The lowest BCUT2D eigenvalue weighted by Gasteiger charge is -2.26. The number of carboxylic acid groups (broad SMARTS) is 1. The Morgan fingerprint density at radius 3 is 1.97 bits per heavy atom. The first-order valence-corrected chi connectivity index (χ1v) is 11.3. The standard InChI is InChI=1S/C24H24ClF3N2O5/c25-20-13-16(5-10-19(20)24(26,27)28)22(32)30-12-11-29-21(31)14-1-6-17(7-2-14)35-18-8-3-15(4-9-18)23(33)34/h1-2,5-7,10,13,15,18H,3-4,8-9,11-12H2,(H,29,31)(H,30,32)(H,33,34). The highest BCUT2D eigenvalue weighted by atomic mass is 35.5. The van der Waals surface area contributed by atoms with Gasteiger partial charge in [-0.25, -0.2) is 0 Å². The molecule has 188 valence electrons. The van der Waals surface area contributed by atoms with Crippen molar-refractivity contribution in [1.29, 1.82) is 0 Å². The number of hydrogen-bond acceptors (Lipinski definition) is 4. The maximum Gasteiger partial charge on any atom is 0.417 e. The molecule has 2 amide bonds. The van der Waals surface area contributed by atoms with E-state index >= 15 is 0 Å². The minimum atomic E-state index is -4.61. The van der Waals surface area contributed by atoms with E-state index in [0.717, 1.165) is 18.2 Å². The molecule has 0 heterocycles. The average molecular weight is 513 g/mol. The Labute approximate surface area is 204 Å². The molecule has 1 fully saturated rings. The second-order valence-corrected chi connectivity index (χ2v) is 8.57. The minimum absolute atomic E-state index is 0.0265. The molecule has 1 aliphatic carbocycles. The number of aliphatic carboxylic acids is 1. The lowest BCUT2D eigenvalue weighted by Crippen LogP contribution is -2.34. The highest BCUT2D eigenvalue weighted by Gasteiger charge is 2.33. The molecule has 1 aliphatic rings. The van der Waals surface area contributed by atoms with Crippen molar-refractivity contribution < 1.29 is 37.4 Å². The van der Waals surface area contributed by atoms with E-state index in [9.17, 15) is 27.6 Å². The van der Waals surface area contributed by atoms with Crippen LogP contribution < -0.4 is 15.4 Å². The van der Waals surface area contributed by atoms with Crippen LogP contribution >= 0.6 is 11.6 Å². The zero-order valence-corrected chi connectivity index (χ0v) is 19.3. The van der Waals surface area contributed by atoms with Gasteiger partial charge in [0.15, 0.2) is 0 Å². The number of hydrogen-bond donors (Lipinski definition) is 3. The van der Waals surface area contributed by atoms with Crippen LogP contribution in [0.5, 0.6) is 5.75 Å². The van der Waals surface area contributed by atoms with Crippen molar-refractivity contribution in [3.05, 3.63) is 64.2 Å². The summed E-state index contributed by atoms with van der Waals surface area (Å²) in [6.45, 7) is 0.160. The summed E-state index contributed by atoms with van der Waals surface area (Å²) in [5.41, 5.74) is -0.667. The number of alkyl halides is 3. The highest BCUT2D eigenvalue weighted by Crippen LogP contribution is 2.35. The van der Waals surface area contributed by atoms with Crippen LogP contribution in [-0.2, 0) is 11.0 Å². The van der Waals surface area contributed by atoms with Crippen molar-refractivity contribution >= 4 is 29.4 Å². The Kier molecular flexibility index (Phi) is 8.61. The Balaban J connectivity index is 1.41. The molecular formula is C24H24ClF3N2O5. The minimum Gasteiger partial charge on any atom is -0.490 e. The van der Waals surface area contributed by atoms with Crippen LogP contribution in [0, 0.1) is 5.92 Å². The number of rotatable bonds is 8. The molecule has 1 saturated carbocycles. The number of amides is 2. The van der Waals surface area contributed by atoms with Crippen molar-refractivity contribution in [2.75, 3.05) is 13.1 Å². The molecule has 0 atom stereocenters. The molecular weight excluding hydrogens is 489 g/mol. The summed E-state index contributed by atoms with van der Waals surface area (Å²) in [4.78, 5) is 35.4. The van der Waals surface area contributed by atoms with Gasteiger partial charge in [0.1, 0.15) is 5.75 Å². The summed E-state index contributed by atoms with van der Waals surface area (Å²) in [5, 5.41) is 13.6. The number of halogens is 4. The average Bonchev–Trinajstić information content (AvgIpc) is 2.81. The molecule has 0 aliphatic heterocycles. The van der Waals surface area contributed by atoms with E-state index in [2.05, 4.69) is 10.6 Å². The second-order valence-electron chi connectivity index (χ2n) is 8.16. The summed E-state index contributed by atoms with van der Waals surface area (Å²) in [5.74, 6) is -1.50. The van der Waals surface area contributed by atoms with E-state index in [-0.39, 0.29) is 36.6 Å². The van der Waals surface area contributed by atoms with Gasteiger partial charge in [-0.05, 0) is 68.1 Å².